The van der Waals surface area contributed by atoms with Crippen molar-refractivity contribution in [2.24, 2.45) is 0 Å². The average Bonchev–Trinajstić information content (AvgIpc) is 2.28. The minimum Gasteiger partial charge on any atom is -0.326 e. The van der Waals surface area contributed by atoms with Crippen LogP contribution in [0.15, 0.2) is 30.6 Å². The van der Waals surface area contributed by atoms with E-state index in [9.17, 15) is 14.9 Å². The molecule has 0 spiro atoms. The molecule has 0 bridgehead atoms. The Hall–Kier alpha value is -2.50. The number of nitro groups is 1. The maximum absolute atomic E-state index is 11.0. The van der Waals surface area contributed by atoms with Crippen LogP contribution in [0.2, 0.25) is 0 Å². The lowest BCUT2D eigenvalue weighted by molar-refractivity contribution is -0.383. The Morgan fingerprint density at radius 1 is 1.35 bits per heavy atom. The molecule has 6 nitrogen and oxygen atoms in total. The van der Waals surface area contributed by atoms with Gasteiger partial charge in [-0.1, -0.05) is 0 Å². The summed E-state index contributed by atoms with van der Waals surface area (Å²) in [6, 6.07) is 4.50. The highest BCUT2D eigenvalue weighted by atomic mass is 16.6. The van der Waals surface area contributed by atoms with Gasteiger partial charge in [0.1, 0.15) is 0 Å². The van der Waals surface area contributed by atoms with Gasteiger partial charge in [0.25, 0.3) is 5.69 Å². The lowest BCUT2D eigenvalue weighted by atomic mass is 10.1. The standard InChI is InChI=1S/C11H9N3O3/c1-7(15)13-10-2-3-11(14(16)17)9-6-12-5-4-8(9)10/h2-6H,1H3,(H,13,15). The third-order valence-corrected chi connectivity index (χ3v) is 2.30. The molecular formula is C11H9N3O3. The fraction of sp³-hybridized carbons (Fsp3) is 0.0909. The van der Waals surface area contributed by atoms with Crippen molar-refractivity contribution >= 4 is 28.1 Å². The number of nitro benzene ring substituents is 1. The Kier molecular flexibility index (Phi) is 2.70. The molecule has 2 rings (SSSR count). The molecule has 0 saturated heterocycles. The summed E-state index contributed by atoms with van der Waals surface area (Å²) in [4.78, 5) is 25.2. The molecule has 0 aliphatic rings. The summed E-state index contributed by atoms with van der Waals surface area (Å²) >= 11 is 0. The van der Waals surface area contributed by atoms with E-state index in [0.29, 0.717) is 16.5 Å². The van der Waals surface area contributed by atoms with E-state index in [-0.39, 0.29) is 11.6 Å². The predicted octanol–water partition coefficient (Wildman–Crippen LogP) is 2.10. The number of carbonyl (C=O) groups excluding carboxylic acids is 1. The van der Waals surface area contributed by atoms with Crippen molar-refractivity contribution in [3.05, 3.63) is 40.7 Å². The summed E-state index contributed by atoms with van der Waals surface area (Å²) in [6.45, 7) is 1.38. The molecule has 0 aliphatic heterocycles. The molecule has 86 valence electrons. The Labute approximate surface area is 96.4 Å². The van der Waals surface area contributed by atoms with Crippen molar-refractivity contribution in [3.8, 4) is 0 Å². The molecule has 0 fully saturated rings. The van der Waals surface area contributed by atoms with Crippen molar-refractivity contribution in [2.75, 3.05) is 5.32 Å². The van der Waals surface area contributed by atoms with Crippen molar-refractivity contribution in [2.45, 2.75) is 6.92 Å². The number of hydrogen-bond donors (Lipinski definition) is 1. The van der Waals surface area contributed by atoms with Crippen LogP contribution >= 0.6 is 0 Å². The predicted molar refractivity (Wildman–Crippen MR) is 62.7 cm³/mol. The van der Waals surface area contributed by atoms with E-state index in [2.05, 4.69) is 10.3 Å². The second-order valence-corrected chi connectivity index (χ2v) is 3.49. The van der Waals surface area contributed by atoms with Crippen LogP contribution < -0.4 is 5.32 Å². The van der Waals surface area contributed by atoms with Crippen LogP contribution in [-0.2, 0) is 4.79 Å². The molecule has 0 saturated carbocycles. The first kappa shape index (κ1) is 11.0. The molecule has 1 N–H and O–H groups in total. The number of nitrogens with zero attached hydrogens (tertiary/aromatic N) is 2. The minimum atomic E-state index is -0.471. The van der Waals surface area contributed by atoms with Gasteiger partial charge in [-0.2, -0.15) is 0 Å². The smallest absolute Gasteiger partial charge is 0.278 e. The number of amides is 1. The number of fused-ring (bicyclic) bond motifs is 1. The highest BCUT2D eigenvalue weighted by Crippen LogP contribution is 2.30. The number of hydrogen-bond acceptors (Lipinski definition) is 4. The zero-order valence-corrected chi connectivity index (χ0v) is 9.01. The van der Waals surface area contributed by atoms with Gasteiger partial charge in [0.2, 0.25) is 5.91 Å². The van der Waals surface area contributed by atoms with Gasteiger partial charge in [-0.15, -0.1) is 0 Å². The second kappa shape index (κ2) is 4.17. The molecular weight excluding hydrogens is 222 g/mol. The summed E-state index contributed by atoms with van der Waals surface area (Å²) in [5, 5.41) is 14.5. The zero-order chi connectivity index (χ0) is 12.4. The minimum absolute atomic E-state index is 0.0257. The first-order valence-electron chi connectivity index (χ1n) is 4.88. The molecule has 0 aliphatic carbocycles. The first-order chi connectivity index (χ1) is 8.09. The van der Waals surface area contributed by atoms with Crippen LogP contribution in [0.25, 0.3) is 10.8 Å². The summed E-state index contributed by atoms with van der Waals surface area (Å²) < 4.78 is 0. The van der Waals surface area contributed by atoms with Crippen molar-refractivity contribution in [1.29, 1.82) is 0 Å². The largest absolute Gasteiger partial charge is 0.326 e. The maximum Gasteiger partial charge on any atom is 0.278 e. The topological polar surface area (TPSA) is 85.1 Å². The Bertz CT molecular complexity index is 610. The van der Waals surface area contributed by atoms with Crippen LogP contribution in [0.3, 0.4) is 0 Å². The van der Waals surface area contributed by atoms with E-state index in [1.165, 1.54) is 31.5 Å². The summed E-state index contributed by atoms with van der Waals surface area (Å²) in [5.41, 5.74) is 0.516. The molecule has 2 aromatic rings. The zero-order valence-electron chi connectivity index (χ0n) is 9.01. The number of nitrogens with one attached hydrogen (secondary N) is 1. The average molecular weight is 231 g/mol. The van der Waals surface area contributed by atoms with Gasteiger partial charge in [0, 0.05) is 36.5 Å². The number of non-ortho nitro benzene ring substituents is 1. The Morgan fingerprint density at radius 3 is 2.76 bits per heavy atom. The highest BCUT2D eigenvalue weighted by Gasteiger charge is 2.14. The van der Waals surface area contributed by atoms with E-state index in [0.717, 1.165) is 0 Å². The number of anilines is 1. The highest BCUT2D eigenvalue weighted by molar-refractivity contribution is 6.04. The molecule has 0 atom stereocenters. The van der Waals surface area contributed by atoms with Gasteiger partial charge in [-0.25, -0.2) is 0 Å². The van der Waals surface area contributed by atoms with E-state index >= 15 is 0 Å². The third-order valence-electron chi connectivity index (χ3n) is 2.30. The lowest BCUT2D eigenvalue weighted by Gasteiger charge is -2.06. The van der Waals surface area contributed by atoms with E-state index < -0.39 is 4.92 Å². The van der Waals surface area contributed by atoms with Gasteiger partial charge in [-0.3, -0.25) is 19.9 Å². The van der Waals surface area contributed by atoms with Crippen LogP contribution in [0.1, 0.15) is 6.92 Å². The number of carbonyl (C=O) groups is 1. The van der Waals surface area contributed by atoms with E-state index in [1.54, 1.807) is 6.07 Å². The Balaban J connectivity index is 2.70. The molecule has 1 heterocycles. The summed E-state index contributed by atoms with van der Waals surface area (Å²) in [6.07, 6.45) is 2.94. The van der Waals surface area contributed by atoms with Crippen LogP contribution in [0.5, 0.6) is 0 Å². The van der Waals surface area contributed by atoms with Gasteiger partial charge < -0.3 is 5.32 Å². The third kappa shape index (κ3) is 2.05. The van der Waals surface area contributed by atoms with E-state index in [4.69, 9.17) is 0 Å². The number of benzene rings is 1. The van der Waals surface area contributed by atoms with Gasteiger partial charge in [-0.05, 0) is 12.1 Å². The van der Waals surface area contributed by atoms with Gasteiger partial charge in [0.05, 0.1) is 10.3 Å². The summed E-state index contributed by atoms with van der Waals surface area (Å²) in [7, 11) is 0. The van der Waals surface area contributed by atoms with Gasteiger partial charge in [0.15, 0.2) is 0 Å². The Morgan fingerprint density at radius 2 is 2.12 bits per heavy atom. The van der Waals surface area contributed by atoms with Crippen LogP contribution in [0.4, 0.5) is 11.4 Å². The van der Waals surface area contributed by atoms with E-state index in [1.807, 2.05) is 0 Å². The first-order valence-corrected chi connectivity index (χ1v) is 4.88. The monoisotopic (exact) mass is 231 g/mol. The number of rotatable bonds is 2. The van der Waals surface area contributed by atoms with Gasteiger partial charge >= 0.3 is 0 Å². The number of pyridine rings is 1. The number of aromatic nitrogens is 1. The van der Waals surface area contributed by atoms with Crippen LogP contribution in [0, 0.1) is 10.1 Å². The fourth-order valence-electron chi connectivity index (χ4n) is 1.63. The normalized spacial score (nSPS) is 10.2. The molecule has 17 heavy (non-hydrogen) atoms. The van der Waals surface area contributed by atoms with Crippen molar-refractivity contribution in [1.82, 2.24) is 4.98 Å². The quantitative estimate of drug-likeness (QED) is 0.633. The van der Waals surface area contributed by atoms with Crippen molar-refractivity contribution in [3.63, 3.8) is 0 Å². The maximum atomic E-state index is 11.0. The molecule has 0 unspecified atom stereocenters. The SMILES string of the molecule is CC(=O)Nc1ccc([N+](=O)[O-])c2cnccc12. The van der Waals surface area contributed by atoms with Crippen LogP contribution in [-0.4, -0.2) is 15.8 Å². The lowest BCUT2D eigenvalue weighted by Crippen LogP contribution is -2.06. The fourth-order valence-corrected chi connectivity index (χ4v) is 1.63. The molecule has 1 aromatic heterocycles. The second-order valence-electron chi connectivity index (χ2n) is 3.49. The molecule has 0 radical (unpaired) electrons. The molecule has 1 amide bonds. The van der Waals surface area contributed by atoms with Crippen molar-refractivity contribution < 1.29 is 9.72 Å². The summed E-state index contributed by atoms with van der Waals surface area (Å²) in [5.74, 6) is -0.225. The molecule has 6 heteroatoms. The molecule has 1 aromatic carbocycles.